The van der Waals surface area contributed by atoms with Gasteiger partial charge >= 0.3 is 0 Å². The van der Waals surface area contributed by atoms with Gasteiger partial charge in [-0.15, -0.1) is 0 Å². The topological polar surface area (TPSA) is 86.1 Å². The van der Waals surface area contributed by atoms with Gasteiger partial charge in [0.05, 0.1) is 11.3 Å². The van der Waals surface area contributed by atoms with E-state index in [1.807, 2.05) is 19.9 Å². The molecule has 0 aliphatic rings. The van der Waals surface area contributed by atoms with Crippen molar-refractivity contribution in [1.29, 1.82) is 5.26 Å². The number of nitrogens with one attached hydrogen (secondary N) is 1. The van der Waals surface area contributed by atoms with Crippen molar-refractivity contribution in [2.24, 2.45) is 0 Å². The van der Waals surface area contributed by atoms with Crippen LogP contribution in [-0.2, 0) is 0 Å². The Morgan fingerprint density at radius 3 is 2.50 bits per heavy atom. The van der Waals surface area contributed by atoms with E-state index in [1.54, 1.807) is 35.2 Å². The van der Waals surface area contributed by atoms with Gasteiger partial charge in [-0.2, -0.15) is 5.26 Å². The number of benzene rings is 1. The lowest BCUT2D eigenvalue weighted by molar-refractivity contribution is 0.0749. The van der Waals surface area contributed by atoms with Gasteiger partial charge in [0.15, 0.2) is 0 Å². The van der Waals surface area contributed by atoms with Crippen LogP contribution in [0.3, 0.4) is 0 Å². The van der Waals surface area contributed by atoms with E-state index in [-0.39, 0.29) is 17.5 Å². The van der Waals surface area contributed by atoms with Gasteiger partial charge in [-0.25, -0.2) is 0 Å². The van der Waals surface area contributed by atoms with Gasteiger partial charge in [0.1, 0.15) is 11.8 Å². The van der Waals surface area contributed by atoms with Crippen LogP contribution < -0.4 is 5.32 Å². The lowest BCUT2D eigenvalue weighted by atomic mass is 10.1. The number of aromatic nitrogens is 1. The summed E-state index contributed by atoms with van der Waals surface area (Å²) in [5.41, 5.74) is 1.38. The van der Waals surface area contributed by atoms with E-state index in [4.69, 9.17) is 5.26 Å². The van der Waals surface area contributed by atoms with Gasteiger partial charge in [0.2, 0.25) is 0 Å². The van der Waals surface area contributed by atoms with Crippen LogP contribution in [0.4, 0.5) is 5.69 Å². The molecule has 134 valence electrons. The zero-order valence-electron chi connectivity index (χ0n) is 15.0. The third kappa shape index (κ3) is 4.67. The van der Waals surface area contributed by atoms with Crippen LogP contribution in [0.1, 0.15) is 53.1 Å². The molecule has 0 unspecified atom stereocenters. The van der Waals surface area contributed by atoms with Gasteiger partial charge in [0, 0.05) is 24.8 Å². The fourth-order valence-corrected chi connectivity index (χ4v) is 2.59. The summed E-state index contributed by atoms with van der Waals surface area (Å²) in [7, 11) is 0. The first-order valence-corrected chi connectivity index (χ1v) is 8.66. The Morgan fingerprint density at radius 1 is 1.15 bits per heavy atom. The van der Waals surface area contributed by atoms with Crippen LogP contribution in [0, 0.1) is 11.3 Å². The second-order valence-electron chi connectivity index (χ2n) is 5.83. The highest BCUT2D eigenvalue weighted by Gasteiger charge is 2.18. The summed E-state index contributed by atoms with van der Waals surface area (Å²) in [6, 6.07) is 11.8. The molecule has 1 heterocycles. The number of carbonyl (C=O) groups is 2. The molecule has 0 aliphatic carbocycles. The molecule has 0 atom stereocenters. The van der Waals surface area contributed by atoms with Gasteiger partial charge in [-0.05, 0) is 37.1 Å². The van der Waals surface area contributed by atoms with E-state index in [0.717, 1.165) is 12.8 Å². The Labute approximate surface area is 153 Å². The van der Waals surface area contributed by atoms with Crippen LogP contribution in [0.15, 0.2) is 42.6 Å². The zero-order chi connectivity index (χ0) is 18.9. The number of amides is 2. The Kier molecular flexibility index (Phi) is 6.86. The molecule has 6 heteroatoms. The second-order valence-corrected chi connectivity index (χ2v) is 5.83. The molecule has 0 spiro atoms. The highest BCUT2D eigenvalue weighted by atomic mass is 16.2. The maximum absolute atomic E-state index is 12.6. The molecule has 2 amide bonds. The number of para-hydroxylation sites is 1. The van der Waals surface area contributed by atoms with Gasteiger partial charge in [-0.1, -0.05) is 26.0 Å². The van der Waals surface area contributed by atoms with E-state index < -0.39 is 0 Å². The fourth-order valence-electron chi connectivity index (χ4n) is 2.59. The lowest BCUT2D eigenvalue weighted by Gasteiger charge is -2.21. The number of rotatable bonds is 7. The maximum Gasteiger partial charge on any atom is 0.272 e. The highest BCUT2D eigenvalue weighted by Crippen LogP contribution is 2.15. The third-order valence-electron chi connectivity index (χ3n) is 3.81. The molecular weight excluding hydrogens is 328 g/mol. The number of hydrogen-bond acceptors (Lipinski definition) is 4. The van der Waals surface area contributed by atoms with E-state index in [9.17, 15) is 9.59 Å². The first-order chi connectivity index (χ1) is 12.6. The van der Waals surface area contributed by atoms with Crippen LogP contribution in [0.25, 0.3) is 0 Å². The average molecular weight is 350 g/mol. The molecule has 0 saturated heterocycles. The summed E-state index contributed by atoms with van der Waals surface area (Å²) in [5, 5.41) is 11.8. The number of anilines is 1. The number of hydrogen-bond donors (Lipinski definition) is 1. The smallest absolute Gasteiger partial charge is 0.272 e. The monoisotopic (exact) mass is 350 g/mol. The number of nitriles is 1. The summed E-state index contributed by atoms with van der Waals surface area (Å²) in [5.74, 6) is -0.567. The SMILES string of the molecule is CCCN(CCC)C(=O)c1cc(C(=O)Nc2ccccc2C#N)ccn1. The van der Waals surface area contributed by atoms with Crippen molar-refractivity contribution in [3.05, 3.63) is 59.4 Å². The van der Waals surface area contributed by atoms with Crippen molar-refractivity contribution in [3.8, 4) is 6.07 Å². The van der Waals surface area contributed by atoms with E-state index in [2.05, 4.69) is 10.3 Å². The zero-order valence-corrected chi connectivity index (χ0v) is 15.0. The van der Waals surface area contributed by atoms with Crippen LogP contribution in [0.2, 0.25) is 0 Å². The number of carbonyl (C=O) groups excluding carboxylic acids is 2. The molecule has 0 radical (unpaired) electrons. The standard InChI is InChI=1S/C20H22N4O2/c1-3-11-24(12-4-2)20(26)18-13-15(9-10-22-18)19(25)23-17-8-6-5-7-16(17)14-21/h5-10,13H,3-4,11-12H2,1-2H3,(H,23,25). The molecule has 1 aromatic heterocycles. The van der Waals surface area contributed by atoms with Crippen molar-refractivity contribution >= 4 is 17.5 Å². The summed E-state index contributed by atoms with van der Waals surface area (Å²) in [4.78, 5) is 31.0. The second kappa shape index (κ2) is 9.33. The van der Waals surface area contributed by atoms with Crippen molar-refractivity contribution in [3.63, 3.8) is 0 Å². The maximum atomic E-state index is 12.6. The third-order valence-corrected chi connectivity index (χ3v) is 3.81. The molecule has 0 bridgehead atoms. The molecule has 1 aromatic carbocycles. The summed E-state index contributed by atoms with van der Waals surface area (Å²) >= 11 is 0. The van der Waals surface area contributed by atoms with Crippen LogP contribution in [-0.4, -0.2) is 34.8 Å². The lowest BCUT2D eigenvalue weighted by Crippen LogP contribution is -2.33. The molecule has 2 rings (SSSR count). The quantitative estimate of drug-likeness (QED) is 0.828. The fraction of sp³-hybridized carbons (Fsp3) is 0.300. The molecular formula is C20H22N4O2. The van der Waals surface area contributed by atoms with Crippen LogP contribution >= 0.6 is 0 Å². The first-order valence-electron chi connectivity index (χ1n) is 8.66. The molecule has 0 aliphatic heterocycles. The van der Waals surface area contributed by atoms with Crippen molar-refractivity contribution in [2.75, 3.05) is 18.4 Å². The Hall–Kier alpha value is -3.20. The molecule has 1 N–H and O–H groups in total. The Morgan fingerprint density at radius 2 is 1.85 bits per heavy atom. The minimum absolute atomic E-state index is 0.180. The molecule has 0 saturated carbocycles. The van der Waals surface area contributed by atoms with Gasteiger partial charge in [0.25, 0.3) is 11.8 Å². The molecule has 26 heavy (non-hydrogen) atoms. The highest BCUT2D eigenvalue weighted by molar-refractivity contribution is 6.06. The molecule has 2 aromatic rings. The molecule has 0 fully saturated rings. The van der Waals surface area contributed by atoms with E-state index >= 15 is 0 Å². The van der Waals surface area contributed by atoms with Gasteiger partial charge in [-0.3, -0.25) is 14.6 Å². The van der Waals surface area contributed by atoms with Crippen molar-refractivity contribution < 1.29 is 9.59 Å². The van der Waals surface area contributed by atoms with E-state index in [0.29, 0.717) is 29.9 Å². The summed E-state index contributed by atoms with van der Waals surface area (Å²) in [6.45, 7) is 5.33. The first kappa shape index (κ1) is 19.1. The normalized spacial score (nSPS) is 10.0. The minimum atomic E-state index is -0.387. The van der Waals surface area contributed by atoms with Crippen molar-refractivity contribution in [2.45, 2.75) is 26.7 Å². The van der Waals surface area contributed by atoms with Gasteiger partial charge < -0.3 is 10.2 Å². The predicted octanol–water partition coefficient (Wildman–Crippen LogP) is 3.47. The summed E-state index contributed by atoms with van der Waals surface area (Å²) < 4.78 is 0. The Balaban J connectivity index is 2.21. The van der Waals surface area contributed by atoms with Crippen molar-refractivity contribution in [1.82, 2.24) is 9.88 Å². The largest absolute Gasteiger partial charge is 0.337 e. The number of nitrogens with zero attached hydrogens (tertiary/aromatic N) is 3. The van der Waals surface area contributed by atoms with Crippen LogP contribution in [0.5, 0.6) is 0 Å². The number of pyridine rings is 1. The Bertz CT molecular complexity index is 821. The summed E-state index contributed by atoms with van der Waals surface area (Å²) in [6.07, 6.45) is 3.17. The average Bonchev–Trinajstić information content (AvgIpc) is 2.67. The van der Waals surface area contributed by atoms with E-state index in [1.165, 1.54) is 12.3 Å². The molecule has 6 nitrogen and oxygen atoms in total. The predicted molar refractivity (Wildman–Crippen MR) is 99.8 cm³/mol. The minimum Gasteiger partial charge on any atom is -0.337 e.